The number of pyridine rings is 1. The van der Waals surface area contributed by atoms with E-state index < -0.39 is 0 Å². The molecule has 1 N–H and O–H groups in total. The van der Waals surface area contributed by atoms with Crippen molar-refractivity contribution in [1.82, 2.24) is 15.0 Å². The lowest BCUT2D eigenvalue weighted by atomic mass is 9.67. The van der Waals surface area contributed by atoms with E-state index in [1.807, 2.05) is 6.92 Å². The maximum absolute atomic E-state index is 10.1. The lowest BCUT2D eigenvalue weighted by Crippen LogP contribution is -2.45. The fourth-order valence-electron chi connectivity index (χ4n) is 5.10. The Hall–Kier alpha value is -1.56. The Kier molecular flexibility index (Phi) is 6.49. The maximum atomic E-state index is 10.1. The molecular formula is C24H26Cl2N4O2S. The third-order valence-corrected chi connectivity index (χ3v) is 9.35. The lowest BCUT2D eigenvalue weighted by Gasteiger charge is -2.42. The van der Waals surface area contributed by atoms with Crippen molar-refractivity contribution in [3.8, 4) is 11.8 Å². The number of aryl methyl sites for hydroxylation is 1. The van der Waals surface area contributed by atoms with Crippen LogP contribution >= 0.6 is 35.0 Å². The fourth-order valence-corrected chi connectivity index (χ4v) is 6.41. The van der Waals surface area contributed by atoms with Crippen LogP contribution in [0.25, 0.3) is 0 Å². The Morgan fingerprint density at radius 1 is 1.30 bits per heavy atom. The van der Waals surface area contributed by atoms with E-state index in [9.17, 15) is 5.11 Å². The van der Waals surface area contributed by atoms with Gasteiger partial charge in [0, 0.05) is 36.0 Å². The number of rotatable bonds is 5. The van der Waals surface area contributed by atoms with Crippen molar-refractivity contribution >= 4 is 40.8 Å². The number of hydrogen-bond donors (Lipinski definition) is 1. The van der Waals surface area contributed by atoms with Crippen LogP contribution in [0.4, 0.5) is 5.82 Å². The third kappa shape index (κ3) is 4.21. The van der Waals surface area contributed by atoms with E-state index in [1.165, 1.54) is 11.8 Å². The molecule has 2 aromatic rings. The van der Waals surface area contributed by atoms with E-state index in [2.05, 4.69) is 28.6 Å². The molecular weight excluding hydrogens is 479 g/mol. The molecule has 2 aliphatic heterocycles. The summed E-state index contributed by atoms with van der Waals surface area (Å²) in [5.74, 6) is 8.07. The Morgan fingerprint density at radius 3 is 2.73 bits per heavy atom. The maximum Gasteiger partial charge on any atom is 0.153 e. The molecule has 3 aliphatic rings. The number of piperidine rings is 1. The molecule has 2 aromatic heterocycles. The summed E-state index contributed by atoms with van der Waals surface area (Å²) in [6.07, 6.45) is 4.92. The van der Waals surface area contributed by atoms with Gasteiger partial charge in [0.15, 0.2) is 5.82 Å². The normalized spacial score (nSPS) is 25.6. The summed E-state index contributed by atoms with van der Waals surface area (Å²) >= 11 is 13.7. The van der Waals surface area contributed by atoms with Gasteiger partial charge >= 0.3 is 0 Å². The summed E-state index contributed by atoms with van der Waals surface area (Å²) in [6.45, 7) is 6.64. The summed E-state index contributed by atoms with van der Waals surface area (Å²) < 4.78 is 6.24. The van der Waals surface area contributed by atoms with Gasteiger partial charge in [-0.25, -0.2) is 15.0 Å². The van der Waals surface area contributed by atoms with E-state index in [1.54, 1.807) is 12.3 Å². The number of nitrogens with zero attached hydrogens (tertiary/aromatic N) is 4. The van der Waals surface area contributed by atoms with Crippen molar-refractivity contribution in [3.63, 3.8) is 0 Å². The molecule has 9 heteroatoms. The highest BCUT2D eigenvalue weighted by Gasteiger charge is 2.51. The summed E-state index contributed by atoms with van der Waals surface area (Å²) in [4.78, 5) is 16.6. The lowest BCUT2D eigenvalue weighted by molar-refractivity contribution is 0.0599. The zero-order chi connectivity index (χ0) is 23.2. The van der Waals surface area contributed by atoms with E-state index >= 15 is 0 Å². The average Bonchev–Trinajstić information content (AvgIpc) is 3.07. The number of aliphatic hydroxyl groups is 1. The van der Waals surface area contributed by atoms with Crippen LogP contribution in [-0.4, -0.2) is 45.9 Å². The van der Waals surface area contributed by atoms with Gasteiger partial charge in [-0.15, -0.1) is 5.92 Å². The molecule has 2 fully saturated rings. The molecule has 5 rings (SSSR count). The zero-order valence-corrected chi connectivity index (χ0v) is 21.0. The van der Waals surface area contributed by atoms with Crippen LogP contribution in [0.15, 0.2) is 22.2 Å². The van der Waals surface area contributed by atoms with Crippen molar-refractivity contribution in [3.05, 3.63) is 33.8 Å². The Morgan fingerprint density at radius 2 is 2.06 bits per heavy atom. The second kappa shape index (κ2) is 9.24. The van der Waals surface area contributed by atoms with Crippen LogP contribution in [0.3, 0.4) is 0 Å². The highest BCUT2D eigenvalue weighted by Crippen LogP contribution is 2.49. The molecule has 6 nitrogen and oxygen atoms in total. The molecule has 0 aromatic carbocycles. The minimum absolute atomic E-state index is 0.176. The quantitative estimate of drug-likeness (QED) is 0.464. The van der Waals surface area contributed by atoms with Crippen LogP contribution in [-0.2, 0) is 11.3 Å². The third-order valence-electron chi connectivity index (χ3n) is 7.33. The highest BCUT2D eigenvalue weighted by atomic mass is 35.5. The molecule has 1 aliphatic carbocycles. The monoisotopic (exact) mass is 504 g/mol. The van der Waals surface area contributed by atoms with Gasteiger partial charge in [-0.3, -0.25) is 0 Å². The predicted molar refractivity (Wildman–Crippen MR) is 130 cm³/mol. The SMILES string of the molecule is Cc1nc(N2CCC3(CC2)COC(C2C#CC2)[C@H]3C)c(CO)nc1Sc1ccnc(Cl)c1Cl. The van der Waals surface area contributed by atoms with Crippen LogP contribution in [0, 0.1) is 36.0 Å². The topological polar surface area (TPSA) is 71.4 Å². The Bertz CT molecular complexity index is 1130. The second-order valence-electron chi connectivity index (χ2n) is 9.10. The number of hydrogen-bond acceptors (Lipinski definition) is 7. The summed E-state index contributed by atoms with van der Waals surface area (Å²) in [7, 11) is 0. The van der Waals surface area contributed by atoms with Gasteiger partial charge in [0.2, 0.25) is 0 Å². The fraction of sp³-hybridized carbons (Fsp3) is 0.542. The van der Waals surface area contributed by atoms with Crippen molar-refractivity contribution in [2.45, 2.75) is 55.7 Å². The first kappa shape index (κ1) is 23.2. The highest BCUT2D eigenvalue weighted by molar-refractivity contribution is 7.99. The number of anilines is 1. The largest absolute Gasteiger partial charge is 0.390 e. The number of ether oxygens (including phenoxy) is 1. The van der Waals surface area contributed by atoms with Gasteiger partial charge in [-0.05, 0) is 31.7 Å². The van der Waals surface area contributed by atoms with Crippen molar-refractivity contribution in [2.24, 2.45) is 17.3 Å². The van der Waals surface area contributed by atoms with E-state index in [4.69, 9.17) is 37.9 Å². The molecule has 33 heavy (non-hydrogen) atoms. The minimum atomic E-state index is -0.176. The van der Waals surface area contributed by atoms with Gasteiger partial charge in [0.1, 0.15) is 15.9 Å². The first-order chi connectivity index (χ1) is 15.9. The molecule has 174 valence electrons. The number of aromatic nitrogens is 3. The smallest absolute Gasteiger partial charge is 0.153 e. The first-order valence-corrected chi connectivity index (χ1v) is 12.8. The molecule has 4 heterocycles. The van der Waals surface area contributed by atoms with Gasteiger partial charge in [-0.1, -0.05) is 47.8 Å². The Labute approximate surface area is 208 Å². The molecule has 0 radical (unpaired) electrons. The number of aliphatic hydroxyl groups excluding tert-OH is 1. The average molecular weight is 505 g/mol. The van der Waals surface area contributed by atoms with Crippen molar-refractivity contribution in [1.29, 1.82) is 0 Å². The molecule has 0 amide bonds. The van der Waals surface area contributed by atoms with Crippen molar-refractivity contribution in [2.75, 3.05) is 24.6 Å². The minimum Gasteiger partial charge on any atom is -0.390 e. The van der Waals surface area contributed by atoms with Crippen LogP contribution in [0.5, 0.6) is 0 Å². The molecule has 1 spiro atoms. The first-order valence-electron chi connectivity index (χ1n) is 11.2. The van der Waals surface area contributed by atoms with E-state index in [-0.39, 0.29) is 23.3 Å². The van der Waals surface area contributed by atoms with Gasteiger partial charge in [0.25, 0.3) is 0 Å². The van der Waals surface area contributed by atoms with E-state index in [0.717, 1.165) is 55.4 Å². The van der Waals surface area contributed by atoms with Crippen LogP contribution in [0.2, 0.25) is 10.2 Å². The molecule has 2 saturated heterocycles. The molecule has 0 saturated carbocycles. The predicted octanol–water partition coefficient (Wildman–Crippen LogP) is 4.78. The summed E-state index contributed by atoms with van der Waals surface area (Å²) in [5, 5.41) is 11.4. The Balaban J connectivity index is 1.32. The van der Waals surface area contributed by atoms with Crippen LogP contribution in [0.1, 0.15) is 37.6 Å². The second-order valence-corrected chi connectivity index (χ2v) is 10.9. The standard InChI is InChI=1S/C24H26Cl2N4O2S/c1-14-20(16-4-3-5-16)32-13-24(14)7-10-30(11-8-24)22-17(12-31)29-23(15(2)28-22)33-18-6-9-27-21(26)19(18)25/h6,9,14,16,20,31H,4,7-8,10-13H2,1-2H3/t14-,16?,20?/m1/s1. The molecule has 2 unspecified atom stereocenters. The van der Waals surface area contributed by atoms with Crippen molar-refractivity contribution < 1.29 is 9.84 Å². The molecule has 0 bridgehead atoms. The van der Waals surface area contributed by atoms with E-state index in [0.29, 0.717) is 27.6 Å². The van der Waals surface area contributed by atoms with Crippen LogP contribution < -0.4 is 4.90 Å². The summed E-state index contributed by atoms with van der Waals surface area (Å²) in [5.41, 5.74) is 1.57. The molecule has 3 atom stereocenters. The summed E-state index contributed by atoms with van der Waals surface area (Å²) in [6, 6.07) is 1.80. The van der Waals surface area contributed by atoms with Gasteiger partial charge in [-0.2, -0.15) is 0 Å². The zero-order valence-electron chi connectivity index (χ0n) is 18.6. The number of halogens is 2. The van der Waals surface area contributed by atoms with Gasteiger partial charge < -0.3 is 14.7 Å². The van der Waals surface area contributed by atoms with Gasteiger partial charge in [0.05, 0.1) is 36.0 Å².